The van der Waals surface area contributed by atoms with E-state index in [9.17, 15) is 9.18 Å². The number of methoxy groups -OCH3 is 1. The van der Waals surface area contributed by atoms with Crippen LogP contribution in [-0.4, -0.2) is 50.1 Å². The number of amides is 1. The Balaban J connectivity index is 1.50. The second-order valence-corrected chi connectivity index (χ2v) is 6.72. The number of ether oxygens (including phenoxy) is 1. The number of piperazine rings is 1. The summed E-state index contributed by atoms with van der Waals surface area (Å²) in [5.41, 5.74) is 1.63. The summed E-state index contributed by atoms with van der Waals surface area (Å²) < 4.78 is 19.2. The Labute approximate surface area is 159 Å². The number of anilines is 1. The third kappa shape index (κ3) is 4.77. The molecular weight excluding hydrogens is 345 g/mol. The minimum Gasteiger partial charge on any atom is -0.497 e. The summed E-state index contributed by atoms with van der Waals surface area (Å²) in [7, 11) is 1.63. The van der Waals surface area contributed by atoms with Crippen LogP contribution in [0.5, 0.6) is 5.75 Å². The Morgan fingerprint density at radius 1 is 1.15 bits per heavy atom. The number of rotatable bonds is 6. The van der Waals surface area contributed by atoms with E-state index in [-0.39, 0.29) is 17.8 Å². The standard InChI is InChI=1S/C21H26FN3O2/c1-16(21(26)23-15-17-6-5-7-18(14-17)27-2)24-10-12-25(13-11-24)20-9-4-3-8-19(20)22/h3-9,14,16H,10-13,15H2,1-2H3,(H,23,26). The number of benzene rings is 2. The van der Waals surface area contributed by atoms with E-state index in [4.69, 9.17) is 4.74 Å². The van der Waals surface area contributed by atoms with Crippen LogP contribution in [0.25, 0.3) is 0 Å². The molecule has 0 saturated carbocycles. The van der Waals surface area contributed by atoms with Gasteiger partial charge in [0.2, 0.25) is 5.91 Å². The van der Waals surface area contributed by atoms with Gasteiger partial charge in [0.25, 0.3) is 0 Å². The van der Waals surface area contributed by atoms with E-state index < -0.39 is 0 Å². The zero-order valence-electron chi connectivity index (χ0n) is 15.8. The Kier molecular flexibility index (Phi) is 6.29. The lowest BCUT2D eigenvalue weighted by atomic mass is 10.1. The molecule has 1 heterocycles. The zero-order valence-corrected chi connectivity index (χ0v) is 15.8. The molecule has 1 atom stereocenters. The molecule has 6 heteroatoms. The second kappa shape index (κ2) is 8.86. The van der Waals surface area contributed by atoms with E-state index in [1.54, 1.807) is 19.2 Å². The van der Waals surface area contributed by atoms with Gasteiger partial charge < -0.3 is 15.0 Å². The third-order valence-corrected chi connectivity index (χ3v) is 5.04. The minimum absolute atomic E-state index is 0.00263. The molecule has 1 saturated heterocycles. The fourth-order valence-corrected chi connectivity index (χ4v) is 3.34. The molecule has 1 fully saturated rings. The van der Waals surface area contributed by atoms with E-state index >= 15 is 0 Å². The van der Waals surface area contributed by atoms with Gasteiger partial charge in [-0.3, -0.25) is 9.69 Å². The first-order valence-electron chi connectivity index (χ1n) is 9.22. The Bertz CT molecular complexity index is 776. The van der Waals surface area contributed by atoms with Crippen molar-refractivity contribution in [3.05, 3.63) is 59.9 Å². The van der Waals surface area contributed by atoms with Crippen molar-refractivity contribution < 1.29 is 13.9 Å². The van der Waals surface area contributed by atoms with Gasteiger partial charge >= 0.3 is 0 Å². The Hall–Kier alpha value is -2.60. The summed E-state index contributed by atoms with van der Waals surface area (Å²) in [5.74, 6) is 0.575. The summed E-state index contributed by atoms with van der Waals surface area (Å²) in [6.45, 7) is 5.24. The third-order valence-electron chi connectivity index (χ3n) is 5.04. The molecule has 0 aliphatic carbocycles. The molecule has 5 nitrogen and oxygen atoms in total. The van der Waals surface area contributed by atoms with Crippen LogP contribution in [0.4, 0.5) is 10.1 Å². The summed E-state index contributed by atoms with van der Waals surface area (Å²) in [6.07, 6.45) is 0. The van der Waals surface area contributed by atoms with Crippen molar-refractivity contribution >= 4 is 11.6 Å². The van der Waals surface area contributed by atoms with Crippen LogP contribution in [0.15, 0.2) is 48.5 Å². The normalized spacial score (nSPS) is 16.0. The molecule has 1 unspecified atom stereocenters. The maximum Gasteiger partial charge on any atom is 0.237 e. The molecule has 3 rings (SSSR count). The number of carbonyl (C=O) groups is 1. The topological polar surface area (TPSA) is 44.8 Å². The van der Waals surface area contributed by atoms with Crippen LogP contribution in [0, 0.1) is 5.82 Å². The number of halogens is 1. The molecule has 0 aromatic heterocycles. The first-order valence-corrected chi connectivity index (χ1v) is 9.22. The van der Waals surface area contributed by atoms with Gasteiger partial charge in [0, 0.05) is 32.7 Å². The van der Waals surface area contributed by atoms with Crippen molar-refractivity contribution in [3.8, 4) is 5.75 Å². The van der Waals surface area contributed by atoms with Crippen LogP contribution in [0.3, 0.4) is 0 Å². The van der Waals surface area contributed by atoms with Gasteiger partial charge in [-0.15, -0.1) is 0 Å². The Morgan fingerprint density at radius 3 is 2.59 bits per heavy atom. The number of nitrogens with one attached hydrogen (secondary N) is 1. The molecule has 2 aromatic rings. The van der Waals surface area contributed by atoms with Gasteiger partial charge in [0.05, 0.1) is 18.8 Å². The van der Waals surface area contributed by atoms with E-state index in [0.29, 0.717) is 25.3 Å². The van der Waals surface area contributed by atoms with E-state index in [2.05, 4.69) is 10.2 Å². The van der Waals surface area contributed by atoms with Crippen LogP contribution < -0.4 is 15.0 Å². The monoisotopic (exact) mass is 371 g/mol. The van der Waals surface area contributed by atoms with Crippen molar-refractivity contribution in [1.82, 2.24) is 10.2 Å². The lowest BCUT2D eigenvalue weighted by Crippen LogP contribution is -2.54. The molecule has 0 spiro atoms. The van der Waals surface area contributed by atoms with Gasteiger partial charge in [-0.2, -0.15) is 0 Å². The molecule has 2 aromatic carbocycles. The number of para-hydroxylation sites is 1. The quantitative estimate of drug-likeness (QED) is 0.848. The van der Waals surface area contributed by atoms with Crippen LogP contribution in [0.1, 0.15) is 12.5 Å². The van der Waals surface area contributed by atoms with Crippen molar-refractivity contribution in [2.45, 2.75) is 19.5 Å². The maximum absolute atomic E-state index is 13.9. The molecule has 27 heavy (non-hydrogen) atoms. The maximum atomic E-state index is 13.9. The molecule has 1 aliphatic heterocycles. The predicted octanol–water partition coefficient (Wildman–Crippen LogP) is 2.66. The van der Waals surface area contributed by atoms with Crippen LogP contribution >= 0.6 is 0 Å². The summed E-state index contributed by atoms with van der Waals surface area (Å²) >= 11 is 0. The van der Waals surface area contributed by atoms with Gasteiger partial charge in [0.1, 0.15) is 11.6 Å². The molecule has 144 valence electrons. The molecule has 0 radical (unpaired) electrons. The van der Waals surface area contributed by atoms with Gasteiger partial charge in [-0.1, -0.05) is 24.3 Å². The van der Waals surface area contributed by atoms with Gasteiger partial charge in [-0.05, 0) is 36.8 Å². The van der Waals surface area contributed by atoms with Crippen LogP contribution in [-0.2, 0) is 11.3 Å². The van der Waals surface area contributed by atoms with Crippen molar-refractivity contribution in [2.75, 3.05) is 38.2 Å². The van der Waals surface area contributed by atoms with Crippen LogP contribution in [0.2, 0.25) is 0 Å². The highest BCUT2D eigenvalue weighted by molar-refractivity contribution is 5.81. The number of hydrogen-bond acceptors (Lipinski definition) is 4. The first kappa shape index (κ1) is 19.2. The lowest BCUT2D eigenvalue weighted by Gasteiger charge is -2.38. The predicted molar refractivity (Wildman–Crippen MR) is 104 cm³/mol. The molecule has 1 aliphatic rings. The van der Waals surface area contributed by atoms with E-state index in [1.807, 2.05) is 42.2 Å². The lowest BCUT2D eigenvalue weighted by molar-refractivity contribution is -0.126. The van der Waals surface area contributed by atoms with Crippen molar-refractivity contribution in [2.24, 2.45) is 0 Å². The summed E-state index contributed by atoms with van der Waals surface area (Å²) in [5, 5.41) is 2.99. The number of carbonyl (C=O) groups excluding carboxylic acids is 1. The number of nitrogens with zero attached hydrogens (tertiary/aromatic N) is 2. The second-order valence-electron chi connectivity index (χ2n) is 6.72. The number of hydrogen-bond donors (Lipinski definition) is 1. The Morgan fingerprint density at radius 2 is 1.89 bits per heavy atom. The minimum atomic E-state index is -0.224. The smallest absolute Gasteiger partial charge is 0.237 e. The highest BCUT2D eigenvalue weighted by Crippen LogP contribution is 2.20. The summed E-state index contributed by atoms with van der Waals surface area (Å²) in [6, 6.07) is 14.3. The van der Waals surface area contributed by atoms with E-state index in [1.165, 1.54) is 6.07 Å². The highest BCUT2D eigenvalue weighted by atomic mass is 19.1. The van der Waals surface area contributed by atoms with Gasteiger partial charge in [0.15, 0.2) is 0 Å². The zero-order chi connectivity index (χ0) is 19.2. The largest absolute Gasteiger partial charge is 0.497 e. The fourth-order valence-electron chi connectivity index (χ4n) is 3.34. The summed E-state index contributed by atoms with van der Waals surface area (Å²) in [4.78, 5) is 16.7. The van der Waals surface area contributed by atoms with E-state index in [0.717, 1.165) is 24.4 Å². The average Bonchev–Trinajstić information content (AvgIpc) is 2.72. The van der Waals surface area contributed by atoms with Gasteiger partial charge in [-0.25, -0.2) is 4.39 Å². The molecule has 1 N–H and O–H groups in total. The average molecular weight is 371 g/mol. The highest BCUT2D eigenvalue weighted by Gasteiger charge is 2.26. The SMILES string of the molecule is COc1cccc(CNC(=O)C(C)N2CCN(c3ccccc3F)CC2)c1. The molecule has 0 bridgehead atoms. The first-order chi connectivity index (χ1) is 13.1. The molecule has 1 amide bonds. The van der Waals surface area contributed by atoms with Crippen molar-refractivity contribution in [1.29, 1.82) is 0 Å². The fraction of sp³-hybridized carbons (Fsp3) is 0.381. The van der Waals surface area contributed by atoms with Crippen molar-refractivity contribution in [3.63, 3.8) is 0 Å². The molecular formula is C21H26FN3O2.